The lowest BCUT2D eigenvalue weighted by molar-refractivity contribution is 0.195. The highest BCUT2D eigenvalue weighted by atomic mass is 19.1. The Morgan fingerprint density at radius 3 is 2.69 bits per heavy atom. The van der Waals surface area contributed by atoms with Crippen LogP contribution < -0.4 is 10.9 Å². The summed E-state index contributed by atoms with van der Waals surface area (Å²) in [5.74, 6) is 0.519. The van der Waals surface area contributed by atoms with Crippen LogP contribution in [0.3, 0.4) is 0 Å². The van der Waals surface area contributed by atoms with Crippen molar-refractivity contribution in [3.63, 3.8) is 0 Å². The van der Waals surface area contributed by atoms with Crippen LogP contribution in [0.15, 0.2) is 35.4 Å². The lowest BCUT2D eigenvalue weighted by Crippen LogP contribution is -2.29. The van der Waals surface area contributed by atoms with Gasteiger partial charge in [-0.2, -0.15) is 0 Å². The minimum Gasteiger partial charge on any atom is -0.379 e. The Balaban J connectivity index is 1.54. The fourth-order valence-electron chi connectivity index (χ4n) is 4.65. The molecule has 0 aliphatic carbocycles. The van der Waals surface area contributed by atoms with Gasteiger partial charge >= 0.3 is 0 Å². The summed E-state index contributed by atoms with van der Waals surface area (Å²) in [6, 6.07) is 7.22. The van der Waals surface area contributed by atoms with Crippen LogP contribution in [0.1, 0.15) is 30.7 Å². The van der Waals surface area contributed by atoms with Crippen molar-refractivity contribution in [1.82, 2.24) is 19.4 Å². The van der Waals surface area contributed by atoms with Crippen molar-refractivity contribution in [2.75, 3.05) is 38.7 Å². The van der Waals surface area contributed by atoms with Crippen molar-refractivity contribution >= 4 is 16.7 Å². The van der Waals surface area contributed by atoms with E-state index >= 15 is 4.39 Å². The number of anilines is 1. The molecule has 168 valence electrons. The minimum absolute atomic E-state index is 0.0782. The lowest BCUT2D eigenvalue weighted by Gasteiger charge is -2.29. The molecule has 32 heavy (non-hydrogen) atoms. The number of likely N-dealkylation sites (tertiary alicyclic amines) is 1. The van der Waals surface area contributed by atoms with E-state index in [2.05, 4.69) is 22.2 Å². The molecular weight excluding hydrogens is 409 g/mol. The molecule has 8 heteroatoms. The number of nitrogens with zero attached hydrogens (tertiary/aromatic N) is 4. The number of pyridine rings is 1. The summed E-state index contributed by atoms with van der Waals surface area (Å²) < 4.78 is 22.0. The summed E-state index contributed by atoms with van der Waals surface area (Å²) in [5, 5.41) is 3.80. The first-order valence-corrected chi connectivity index (χ1v) is 11.2. The smallest absolute Gasteiger partial charge is 0.264 e. The van der Waals surface area contributed by atoms with Gasteiger partial charge in [0.15, 0.2) is 0 Å². The van der Waals surface area contributed by atoms with Crippen molar-refractivity contribution in [3.8, 4) is 11.3 Å². The van der Waals surface area contributed by atoms with E-state index in [1.165, 1.54) is 10.9 Å². The summed E-state index contributed by atoms with van der Waals surface area (Å²) in [6.07, 6.45) is 4.27. The van der Waals surface area contributed by atoms with Gasteiger partial charge in [0.2, 0.25) is 0 Å². The average Bonchev–Trinajstić information content (AvgIpc) is 3.30. The van der Waals surface area contributed by atoms with E-state index in [1.54, 1.807) is 19.2 Å². The number of hydrogen-bond acceptors (Lipinski definition) is 6. The van der Waals surface area contributed by atoms with Crippen LogP contribution in [0.4, 0.5) is 10.2 Å². The molecule has 7 nitrogen and oxygen atoms in total. The van der Waals surface area contributed by atoms with Crippen LogP contribution in [-0.4, -0.2) is 58.8 Å². The molecule has 1 aromatic carbocycles. The number of ether oxygens (including phenoxy) is 1. The number of rotatable bonds is 4. The van der Waals surface area contributed by atoms with E-state index in [0.29, 0.717) is 41.2 Å². The highest BCUT2D eigenvalue weighted by molar-refractivity contribution is 5.91. The second-order valence-corrected chi connectivity index (χ2v) is 8.93. The lowest BCUT2D eigenvalue weighted by atomic mass is 9.88. The van der Waals surface area contributed by atoms with Gasteiger partial charge in [-0.25, -0.2) is 14.4 Å². The normalized spacial score (nSPS) is 20.2. The van der Waals surface area contributed by atoms with E-state index in [9.17, 15) is 4.79 Å². The molecule has 1 atom stereocenters. The average molecular weight is 438 g/mol. The van der Waals surface area contributed by atoms with Gasteiger partial charge in [-0.1, -0.05) is 12.1 Å². The van der Waals surface area contributed by atoms with Crippen LogP contribution in [0, 0.1) is 5.82 Å². The van der Waals surface area contributed by atoms with Gasteiger partial charge in [-0.3, -0.25) is 4.79 Å². The van der Waals surface area contributed by atoms with Gasteiger partial charge < -0.3 is 19.5 Å². The van der Waals surface area contributed by atoms with Gasteiger partial charge in [0.25, 0.3) is 5.56 Å². The second kappa shape index (κ2) is 8.60. The quantitative estimate of drug-likeness (QED) is 0.676. The Morgan fingerprint density at radius 1 is 1.16 bits per heavy atom. The SMILES string of the molecule is CN1CCC(c2ccc(-c3cc4ncn(C)c(=O)c4c(N[C@@H]4CCOC4)n3)cc2F)CC1. The van der Waals surface area contributed by atoms with Gasteiger partial charge in [-0.05, 0) is 63.0 Å². The van der Waals surface area contributed by atoms with Crippen LogP contribution >= 0.6 is 0 Å². The molecule has 4 heterocycles. The molecule has 2 aliphatic heterocycles. The molecule has 0 amide bonds. The van der Waals surface area contributed by atoms with Crippen molar-refractivity contribution in [3.05, 3.63) is 52.3 Å². The van der Waals surface area contributed by atoms with Gasteiger partial charge in [0.05, 0.1) is 30.2 Å². The molecule has 0 spiro atoms. The highest BCUT2D eigenvalue weighted by Crippen LogP contribution is 2.33. The summed E-state index contributed by atoms with van der Waals surface area (Å²) in [5.41, 5.74) is 2.41. The second-order valence-electron chi connectivity index (χ2n) is 8.93. The number of fused-ring (bicyclic) bond motifs is 1. The predicted octanol–water partition coefficient (Wildman–Crippen LogP) is 3.14. The summed E-state index contributed by atoms with van der Waals surface area (Å²) in [7, 11) is 3.77. The first-order chi connectivity index (χ1) is 15.5. The number of piperidine rings is 1. The Bertz CT molecular complexity index is 1200. The van der Waals surface area contributed by atoms with Crippen LogP contribution in [0.5, 0.6) is 0 Å². The molecule has 0 saturated carbocycles. The zero-order valence-electron chi connectivity index (χ0n) is 18.5. The van der Waals surface area contributed by atoms with Crippen LogP contribution in [-0.2, 0) is 11.8 Å². The number of hydrogen-bond donors (Lipinski definition) is 1. The Labute approximate surface area is 186 Å². The van der Waals surface area contributed by atoms with Crippen molar-refractivity contribution in [1.29, 1.82) is 0 Å². The molecule has 2 aromatic heterocycles. The minimum atomic E-state index is -0.199. The molecule has 3 aromatic rings. The summed E-state index contributed by atoms with van der Waals surface area (Å²) in [4.78, 5) is 24.3. The van der Waals surface area contributed by atoms with E-state index in [4.69, 9.17) is 9.72 Å². The molecule has 5 rings (SSSR count). The number of halogens is 1. The summed E-state index contributed by atoms with van der Waals surface area (Å²) >= 11 is 0. The monoisotopic (exact) mass is 437 g/mol. The first kappa shape index (κ1) is 21.0. The topological polar surface area (TPSA) is 72.3 Å². The number of aryl methyl sites for hydroxylation is 1. The summed E-state index contributed by atoms with van der Waals surface area (Å²) in [6.45, 7) is 3.21. The van der Waals surface area contributed by atoms with E-state index in [-0.39, 0.29) is 23.3 Å². The van der Waals surface area contributed by atoms with Crippen molar-refractivity contribution < 1.29 is 9.13 Å². The van der Waals surface area contributed by atoms with Gasteiger partial charge in [0.1, 0.15) is 17.0 Å². The molecular formula is C24H28FN5O2. The Kier molecular flexibility index (Phi) is 5.65. The van der Waals surface area contributed by atoms with Crippen LogP contribution in [0.2, 0.25) is 0 Å². The maximum atomic E-state index is 15.1. The van der Waals surface area contributed by atoms with E-state index < -0.39 is 0 Å². The van der Waals surface area contributed by atoms with Gasteiger partial charge in [0, 0.05) is 19.2 Å². The Hall–Kier alpha value is -2.84. The molecule has 0 unspecified atom stereocenters. The standard InChI is InChI=1S/C24H28FN5O2/c1-29-8-5-15(6-9-29)18-4-3-16(11-19(18)25)20-12-21-22(24(31)30(2)14-26-21)23(28-20)27-17-7-10-32-13-17/h3-4,11-12,14-15,17H,5-10,13H2,1-2H3,(H,27,28)/t17-/m1/s1. The zero-order chi connectivity index (χ0) is 22.2. The molecule has 2 saturated heterocycles. The molecule has 0 radical (unpaired) electrons. The fourth-order valence-corrected chi connectivity index (χ4v) is 4.65. The van der Waals surface area contributed by atoms with Gasteiger partial charge in [-0.15, -0.1) is 0 Å². The molecule has 2 fully saturated rings. The number of nitrogens with one attached hydrogen (secondary N) is 1. The Morgan fingerprint density at radius 2 is 1.97 bits per heavy atom. The zero-order valence-corrected chi connectivity index (χ0v) is 18.5. The fraction of sp³-hybridized carbons (Fsp3) is 0.458. The highest BCUT2D eigenvalue weighted by Gasteiger charge is 2.23. The predicted molar refractivity (Wildman–Crippen MR) is 122 cm³/mol. The third-order valence-electron chi connectivity index (χ3n) is 6.63. The number of aromatic nitrogens is 3. The van der Waals surface area contributed by atoms with E-state index in [0.717, 1.165) is 37.9 Å². The van der Waals surface area contributed by atoms with Crippen molar-refractivity contribution in [2.45, 2.75) is 31.2 Å². The largest absolute Gasteiger partial charge is 0.379 e. The van der Waals surface area contributed by atoms with E-state index in [1.807, 2.05) is 12.1 Å². The molecule has 1 N–H and O–H groups in total. The third kappa shape index (κ3) is 4.00. The molecule has 0 bridgehead atoms. The van der Waals surface area contributed by atoms with Crippen LogP contribution in [0.25, 0.3) is 22.2 Å². The van der Waals surface area contributed by atoms with Crippen molar-refractivity contribution in [2.24, 2.45) is 7.05 Å². The first-order valence-electron chi connectivity index (χ1n) is 11.2. The number of benzene rings is 1. The molecule has 2 aliphatic rings. The third-order valence-corrected chi connectivity index (χ3v) is 6.63. The maximum absolute atomic E-state index is 15.1. The maximum Gasteiger partial charge on any atom is 0.264 e.